The molecular weight excluding hydrogens is 478 g/mol. The Morgan fingerprint density at radius 3 is 2.64 bits per heavy atom. The number of benzene rings is 1. The van der Waals surface area contributed by atoms with Crippen molar-refractivity contribution in [1.29, 1.82) is 0 Å². The molecule has 0 radical (unpaired) electrons. The molecule has 2 atom stereocenters. The second kappa shape index (κ2) is 11.6. The number of piperazine rings is 1. The number of allylic oxidation sites excluding steroid dienone is 2. The first kappa shape index (κ1) is 25.7. The molecule has 192 valence electrons. The van der Waals surface area contributed by atoms with Crippen LogP contribution in [0.3, 0.4) is 0 Å². The highest BCUT2D eigenvalue weighted by atomic mass is 32.2. The third-order valence-electron chi connectivity index (χ3n) is 6.59. The summed E-state index contributed by atoms with van der Waals surface area (Å²) in [6.45, 7) is 4.56. The van der Waals surface area contributed by atoms with Gasteiger partial charge in [-0.2, -0.15) is 11.8 Å². The molecule has 2 aliphatic rings. The molecular formula is C26H33N5O4S. The molecule has 3 heterocycles. The van der Waals surface area contributed by atoms with Gasteiger partial charge in [0.25, 0.3) is 0 Å². The number of carbonyl (C=O) groups excluding carboxylic acids is 3. The van der Waals surface area contributed by atoms with E-state index in [1.165, 1.54) is 0 Å². The maximum atomic E-state index is 13.7. The highest BCUT2D eigenvalue weighted by molar-refractivity contribution is 7.98. The molecule has 4 amide bonds. The molecule has 1 N–H and O–H groups in total. The van der Waals surface area contributed by atoms with Gasteiger partial charge in [0, 0.05) is 12.2 Å². The first-order valence-electron chi connectivity index (χ1n) is 12.1. The first-order valence-corrected chi connectivity index (χ1v) is 13.5. The lowest BCUT2D eigenvalue weighted by molar-refractivity contribution is -0.186. The fourth-order valence-corrected chi connectivity index (χ4v) is 5.12. The Balaban J connectivity index is 1.67. The second-order valence-electron chi connectivity index (χ2n) is 8.85. The number of hydrogen-bond acceptors (Lipinski definition) is 6. The van der Waals surface area contributed by atoms with Gasteiger partial charge in [-0.25, -0.2) is 9.80 Å². The van der Waals surface area contributed by atoms with Crippen LogP contribution in [0.15, 0.2) is 64.9 Å². The number of nitrogens with zero attached hydrogens (tertiary/aromatic N) is 4. The predicted molar refractivity (Wildman–Crippen MR) is 138 cm³/mol. The number of amides is 4. The van der Waals surface area contributed by atoms with Crippen molar-refractivity contribution in [3.63, 3.8) is 0 Å². The summed E-state index contributed by atoms with van der Waals surface area (Å²) >= 11 is 1.63. The standard InChI is InChI=1S/C26H33N5O4S/c1-4-19(2)29-18-24(32)30-22(12-14-36-3)25(33)28(16-21-11-8-13-35-21)17-23(30)31(29)26(34)27-15-20-9-6-5-7-10-20/h4-11,13,22-23H,12,14-18H2,1-3H3,(H,27,34)/b19-4+/t22-,23-/m0/s1. The van der Waals surface area contributed by atoms with E-state index in [0.29, 0.717) is 18.7 Å². The molecule has 0 aliphatic carbocycles. The van der Waals surface area contributed by atoms with E-state index >= 15 is 0 Å². The fraction of sp³-hybridized carbons (Fsp3) is 0.423. The summed E-state index contributed by atoms with van der Waals surface area (Å²) in [6, 6.07) is 12.3. The van der Waals surface area contributed by atoms with Crippen molar-refractivity contribution in [2.45, 2.75) is 45.6 Å². The minimum atomic E-state index is -0.642. The van der Waals surface area contributed by atoms with Crippen molar-refractivity contribution in [2.75, 3.05) is 25.1 Å². The monoisotopic (exact) mass is 511 g/mol. The Kier molecular flexibility index (Phi) is 8.25. The van der Waals surface area contributed by atoms with Crippen molar-refractivity contribution in [1.82, 2.24) is 25.1 Å². The van der Waals surface area contributed by atoms with Gasteiger partial charge in [-0.05, 0) is 50.0 Å². The Labute approximate surface area is 216 Å². The third kappa shape index (κ3) is 5.38. The average molecular weight is 512 g/mol. The van der Waals surface area contributed by atoms with Gasteiger partial charge in [0.1, 0.15) is 24.5 Å². The largest absolute Gasteiger partial charge is 0.467 e. The first-order chi connectivity index (χ1) is 17.4. The average Bonchev–Trinajstić information content (AvgIpc) is 3.40. The maximum absolute atomic E-state index is 13.7. The lowest BCUT2D eigenvalue weighted by atomic mass is 10.0. The number of urea groups is 1. The minimum absolute atomic E-state index is 0.00728. The zero-order valence-corrected chi connectivity index (χ0v) is 21.7. The molecule has 0 spiro atoms. The molecule has 0 saturated carbocycles. The van der Waals surface area contributed by atoms with Crippen LogP contribution in [-0.2, 0) is 22.7 Å². The number of rotatable bonds is 8. The number of thioether (sulfide) groups is 1. The van der Waals surface area contributed by atoms with Crippen molar-refractivity contribution in [2.24, 2.45) is 0 Å². The maximum Gasteiger partial charge on any atom is 0.338 e. The Morgan fingerprint density at radius 2 is 1.97 bits per heavy atom. The van der Waals surface area contributed by atoms with Crippen LogP contribution < -0.4 is 5.32 Å². The van der Waals surface area contributed by atoms with Gasteiger partial charge in [-0.1, -0.05) is 36.4 Å². The van der Waals surface area contributed by atoms with Gasteiger partial charge < -0.3 is 19.5 Å². The summed E-state index contributed by atoms with van der Waals surface area (Å²) in [7, 11) is 0. The molecule has 4 rings (SSSR count). The van der Waals surface area contributed by atoms with Gasteiger partial charge in [-0.3, -0.25) is 14.6 Å². The van der Waals surface area contributed by atoms with Gasteiger partial charge >= 0.3 is 6.03 Å². The molecule has 1 aromatic heterocycles. The third-order valence-corrected chi connectivity index (χ3v) is 7.24. The van der Waals surface area contributed by atoms with E-state index in [1.54, 1.807) is 43.9 Å². The van der Waals surface area contributed by atoms with Crippen molar-refractivity contribution in [3.05, 3.63) is 71.8 Å². The molecule has 36 heavy (non-hydrogen) atoms. The summed E-state index contributed by atoms with van der Waals surface area (Å²) in [4.78, 5) is 44.0. The van der Waals surface area contributed by atoms with Crippen molar-refractivity contribution in [3.8, 4) is 0 Å². The summed E-state index contributed by atoms with van der Waals surface area (Å²) in [5, 5.41) is 6.33. The molecule has 2 aliphatic heterocycles. The SMILES string of the molecule is C/C=C(\C)N1CC(=O)N2[C@@H](CCSC)C(=O)N(Cc3ccco3)C[C@@H]2N1C(=O)NCc1ccccc1. The van der Waals surface area contributed by atoms with Gasteiger partial charge in [-0.15, -0.1) is 0 Å². The molecule has 2 saturated heterocycles. The highest BCUT2D eigenvalue weighted by Crippen LogP contribution is 2.31. The number of hydrazine groups is 1. The van der Waals surface area contributed by atoms with Crippen LogP contribution in [0.2, 0.25) is 0 Å². The number of fused-ring (bicyclic) bond motifs is 1. The van der Waals surface area contributed by atoms with Crippen molar-refractivity contribution < 1.29 is 18.8 Å². The van der Waals surface area contributed by atoms with E-state index in [4.69, 9.17) is 4.42 Å². The summed E-state index contributed by atoms with van der Waals surface area (Å²) in [5.41, 5.74) is 1.76. The van der Waals surface area contributed by atoms with E-state index < -0.39 is 12.2 Å². The van der Waals surface area contributed by atoms with E-state index in [2.05, 4.69) is 5.32 Å². The van der Waals surface area contributed by atoms with E-state index in [-0.39, 0.29) is 37.5 Å². The fourth-order valence-electron chi connectivity index (χ4n) is 4.66. The molecule has 0 bridgehead atoms. The Bertz CT molecular complexity index is 1090. The van der Waals surface area contributed by atoms with Crippen LogP contribution >= 0.6 is 11.8 Å². The lowest BCUT2D eigenvalue weighted by Gasteiger charge is -2.55. The molecule has 0 unspecified atom stereocenters. The number of carbonyl (C=O) groups is 3. The molecule has 10 heteroatoms. The molecule has 1 aromatic carbocycles. The van der Waals surface area contributed by atoms with Crippen LogP contribution in [0.25, 0.3) is 0 Å². The zero-order valence-electron chi connectivity index (χ0n) is 20.9. The molecule has 2 aromatic rings. The van der Waals surface area contributed by atoms with Crippen molar-refractivity contribution >= 4 is 29.6 Å². The smallest absolute Gasteiger partial charge is 0.338 e. The van der Waals surface area contributed by atoms with Gasteiger partial charge in [0.2, 0.25) is 11.8 Å². The minimum Gasteiger partial charge on any atom is -0.467 e. The Hall–Kier alpha value is -3.40. The van der Waals surface area contributed by atoms with Crippen LogP contribution in [0, 0.1) is 0 Å². The lowest BCUT2D eigenvalue weighted by Crippen LogP contribution is -2.76. The van der Waals surface area contributed by atoms with Gasteiger partial charge in [0.15, 0.2) is 0 Å². The topological polar surface area (TPSA) is 89.3 Å². The van der Waals surface area contributed by atoms with E-state index in [0.717, 1.165) is 17.0 Å². The number of nitrogens with one attached hydrogen (secondary N) is 1. The number of furan rings is 1. The normalized spacial score (nSPS) is 20.6. The van der Waals surface area contributed by atoms with Crippen LogP contribution in [0.4, 0.5) is 4.79 Å². The highest BCUT2D eigenvalue weighted by Gasteiger charge is 2.51. The predicted octanol–water partition coefficient (Wildman–Crippen LogP) is 3.26. The van der Waals surface area contributed by atoms with Crippen LogP contribution in [-0.4, -0.2) is 75.0 Å². The van der Waals surface area contributed by atoms with Crippen LogP contribution in [0.1, 0.15) is 31.6 Å². The van der Waals surface area contributed by atoms with E-state index in [9.17, 15) is 14.4 Å². The molecule has 9 nitrogen and oxygen atoms in total. The van der Waals surface area contributed by atoms with E-state index in [1.807, 2.05) is 62.6 Å². The summed E-state index contributed by atoms with van der Waals surface area (Å²) in [5.74, 6) is 1.10. The van der Waals surface area contributed by atoms with Gasteiger partial charge in [0.05, 0.1) is 19.4 Å². The second-order valence-corrected chi connectivity index (χ2v) is 9.84. The Morgan fingerprint density at radius 1 is 1.19 bits per heavy atom. The van der Waals surface area contributed by atoms with Crippen LogP contribution in [0.5, 0.6) is 0 Å². The summed E-state index contributed by atoms with van der Waals surface area (Å²) in [6.07, 6.45) is 5.30. The quantitative estimate of drug-likeness (QED) is 0.585. The number of hydrogen-bond donors (Lipinski definition) is 1. The summed E-state index contributed by atoms with van der Waals surface area (Å²) < 4.78 is 5.51. The zero-order chi connectivity index (χ0) is 25.7. The molecule has 2 fully saturated rings.